The summed E-state index contributed by atoms with van der Waals surface area (Å²) in [6.07, 6.45) is 0.956. The molecule has 0 saturated carbocycles. The van der Waals surface area contributed by atoms with E-state index in [2.05, 4.69) is 0 Å². The third-order valence-electron chi connectivity index (χ3n) is 4.84. The van der Waals surface area contributed by atoms with E-state index in [-0.39, 0.29) is 18.2 Å². The van der Waals surface area contributed by atoms with Gasteiger partial charge in [-0.25, -0.2) is 4.90 Å². The van der Waals surface area contributed by atoms with Crippen molar-refractivity contribution in [3.05, 3.63) is 48.0 Å². The molecule has 1 aliphatic heterocycles. The number of carbonyl (C=O) groups is 2. The summed E-state index contributed by atoms with van der Waals surface area (Å²) in [5, 5.41) is 1.93. The lowest BCUT2D eigenvalue weighted by molar-refractivity contribution is -0.674. The Morgan fingerprint density at radius 2 is 1.68 bits per heavy atom. The van der Waals surface area contributed by atoms with Gasteiger partial charge in [0.1, 0.15) is 5.75 Å². The van der Waals surface area contributed by atoms with Gasteiger partial charge < -0.3 is 19.5 Å². The highest BCUT2D eigenvalue weighted by molar-refractivity contribution is 6.21. The van der Waals surface area contributed by atoms with Crippen molar-refractivity contribution in [1.29, 1.82) is 0 Å². The Bertz CT molecular complexity index is 850. The van der Waals surface area contributed by atoms with E-state index in [1.165, 1.54) is 4.90 Å². The first-order valence-electron chi connectivity index (χ1n) is 9.12. The summed E-state index contributed by atoms with van der Waals surface area (Å²) < 4.78 is 15.7. The molecule has 7 nitrogen and oxygen atoms in total. The first-order chi connectivity index (χ1) is 13.6. The summed E-state index contributed by atoms with van der Waals surface area (Å²) in [5.74, 6) is 1.69. The lowest BCUT2D eigenvalue weighted by Crippen LogP contribution is -2.92. The first-order valence-corrected chi connectivity index (χ1v) is 9.12. The van der Waals surface area contributed by atoms with Crippen LogP contribution in [-0.4, -0.2) is 45.7 Å². The van der Waals surface area contributed by atoms with Crippen LogP contribution in [0.1, 0.15) is 12.0 Å². The fourth-order valence-electron chi connectivity index (χ4n) is 3.33. The van der Waals surface area contributed by atoms with Gasteiger partial charge in [0.05, 0.1) is 40.0 Å². The number of quaternary nitrogens is 1. The molecule has 7 heteroatoms. The molecule has 1 saturated heterocycles. The highest BCUT2D eigenvalue weighted by atomic mass is 16.5. The second kappa shape index (κ2) is 8.75. The average Bonchev–Trinajstić information content (AvgIpc) is 3.01. The zero-order valence-electron chi connectivity index (χ0n) is 16.3. The zero-order valence-corrected chi connectivity index (χ0v) is 16.3. The second-order valence-corrected chi connectivity index (χ2v) is 6.54. The van der Waals surface area contributed by atoms with E-state index < -0.39 is 6.04 Å². The van der Waals surface area contributed by atoms with Crippen LogP contribution in [0.2, 0.25) is 0 Å². The van der Waals surface area contributed by atoms with E-state index in [0.29, 0.717) is 29.5 Å². The van der Waals surface area contributed by atoms with Crippen LogP contribution in [0.15, 0.2) is 42.5 Å². The average molecular weight is 385 g/mol. The van der Waals surface area contributed by atoms with Crippen LogP contribution in [0.4, 0.5) is 5.69 Å². The van der Waals surface area contributed by atoms with Crippen LogP contribution < -0.4 is 24.4 Å². The number of imide groups is 1. The molecule has 2 aromatic rings. The van der Waals surface area contributed by atoms with Crippen LogP contribution in [0, 0.1) is 0 Å². The van der Waals surface area contributed by atoms with E-state index in [1.54, 1.807) is 45.6 Å². The molecular weight excluding hydrogens is 360 g/mol. The molecule has 148 valence electrons. The molecule has 2 amide bonds. The second-order valence-electron chi connectivity index (χ2n) is 6.54. The number of nitrogens with two attached hydrogens (primary N) is 1. The molecule has 0 unspecified atom stereocenters. The molecule has 0 radical (unpaired) electrons. The maximum atomic E-state index is 12.7. The molecule has 28 heavy (non-hydrogen) atoms. The summed E-state index contributed by atoms with van der Waals surface area (Å²) in [4.78, 5) is 26.3. The number of hydrogen-bond donors (Lipinski definition) is 1. The Morgan fingerprint density at radius 3 is 2.32 bits per heavy atom. The van der Waals surface area contributed by atoms with Gasteiger partial charge in [-0.2, -0.15) is 0 Å². The Labute approximate surface area is 164 Å². The number of benzene rings is 2. The predicted octanol–water partition coefficient (Wildman–Crippen LogP) is 1.15. The van der Waals surface area contributed by atoms with Crippen molar-refractivity contribution >= 4 is 17.5 Å². The zero-order chi connectivity index (χ0) is 20.1. The summed E-state index contributed by atoms with van der Waals surface area (Å²) in [5.41, 5.74) is 1.66. The van der Waals surface area contributed by atoms with Crippen LogP contribution >= 0.6 is 0 Å². The van der Waals surface area contributed by atoms with Crippen molar-refractivity contribution in [2.45, 2.75) is 18.9 Å². The van der Waals surface area contributed by atoms with Gasteiger partial charge in [-0.05, 0) is 42.0 Å². The van der Waals surface area contributed by atoms with Gasteiger partial charge in [0.2, 0.25) is 5.91 Å². The standard InChI is InChI=1S/C21H24N2O5/c1-26-16-7-5-15(6-8-16)23-20(24)13-17(21(23)25)22-11-10-14-4-9-18(27-2)19(12-14)28-3/h4-9,12,17,22H,10-11,13H2,1-3H3/p+1/t17-/m1/s1. The van der Waals surface area contributed by atoms with Gasteiger partial charge in [-0.1, -0.05) is 6.07 Å². The number of methoxy groups -OCH3 is 3. The monoisotopic (exact) mass is 385 g/mol. The van der Waals surface area contributed by atoms with Crippen molar-refractivity contribution in [2.75, 3.05) is 32.8 Å². The number of anilines is 1. The number of carbonyl (C=O) groups excluding carboxylic acids is 2. The van der Waals surface area contributed by atoms with E-state index in [4.69, 9.17) is 14.2 Å². The van der Waals surface area contributed by atoms with E-state index >= 15 is 0 Å². The maximum Gasteiger partial charge on any atom is 0.292 e. The minimum absolute atomic E-state index is 0.178. The van der Waals surface area contributed by atoms with Crippen LogP contribution in [0.3, 0.4) is 0 Å². The smallest absolute Gasteiger partial charge is 0.292 e. The number of ether oxygens (including phenoxy) is 3. The number of amides is 2. The summed E-state index contributed by atoms with van der Waals surface area (Å²) in [6, 6.07) is 12.3. The third-order valence-corrected chi connectivity index (χ3v) is 4.84. The molecule has 3 rings (SSSR count). The fraction of sp³-hybridized carbons (Fsp3) is 0.333. The Hall–Kier alpha value is -3.06. The van der Waals surface area contributed by atoms with Crippen molar-refractivity contribution in [3.63, 3.8) is 0 Å². The normalized spacial score (nSPS) is 16.4. The molecule has 2 N–H and O–H groups in total. The number of hydrogen-bond acceptors (Lipinski definition) is 5. The summed E-state index contributed by atoms with van der Waals surface area (Å²) in [6.45, 7) is 0.690. The minimum atomic E-state index is -0.394. The number of nitrogens with zero attached hydrogens (tertiary/aromatic N) is 1. The highest BCUT2D eigenvalue weighted by Crippen LogP contribution is 2.27. The van der Waals surface area contributed by atoms with Crippen LogP contribution in [0.25, 0.3) is 0 Å². The molecular formula is C21H25N2O5+. The third kappa shape index (κ3) is 4.09. The van der Waals surface area contributed by atoms with E-state index in [1.807, 2.05) is 23.5 Å². The van der Waals surface area contributed by atoms with Gasteiger partial charge in [0.25, 0.3) is 5.91 Å². The van der Waals surface area contributed by atoms with Gasteiger partial charge in [-0.3, -0.25) is 9.59 Å². The molecule has 0 aliphatic carbocycles. The Morgan fingerprint density at radius 1 is 0.964 bits per heavy atom. The molecule has 1 aliphatic rings. The first kappa shape index (κ1) is 19.7. The molecule has 0 aromatic heterocycles. The SMILES string of the molecule is COc1ccc(N2C(=O)C[C@@H]([NH2+]CCc3ccc(OC)c(OC)c3)C2=O)cc1. The van der Waals surface area contributed by atoms with Crippen LogP contribution in [0.5, 0.6) is 17.2 Å². The predicted molar refractivity (Wildman–Crippen MR) is 104 cm³/mol. The Kier molecular flexibility index (Phi) is 6.16. The maximum absolute atomic E-state index is 12.7. The molecule has 2 aromatic carbocycles. The molecule has 1 heterocycles. The van der Waals surface area contributed by atoms with E-state index in [9.17, 15) is 9.59 Å². The number of rotatable bonds is 8. The highest BCUT2D eigenvalue weighted by Gasteiger charge is 2.42. The summed E-state index contributed by atoms with van der Waals surface area (Å²) >= 11 is 0. The largest absolute Gasteiger partial charge is 0.497 e. The van der Waals surface area contributed by atoms with Gasteiger partial charge in [-0.15, -0.1) is 0 Å². The van der Waals surface area contributed by atoms with Crippen molar-refractivity contribution < 1.29 is 29.1 Å². The minimum Gasteiger partial charge on any atom is -0.497 e. The van der Waals surface area contributed by atoms with Gasteiger partial charge in [0, 0.05) is 6.42 Å². The van der Waals surface area contributed by atoms with Gasteiger partial charge >= 0.3 is 0 Å². The quantitative estimate of drug-likeness (QED) is 0.690. The fourth-order valence-corrected chi connectivity index (χ4v) is 3.33. The lowest BCUT2D eigenvalue weighted by Gasteiger charge is -2.14. The molecule has 1 atom stereocenters. The Balaban J connectivity index is 1.59. The van der Waals surface area contributed by atoms with Crippen LogP contribution in [-0.2, 0) is 16.0 Å². The van der Waals surface area contributed by atoms with Gasteiger partial charge in [0.15, 0.2) is 17.5 Å². The van der Waals surface area contributed by atoms with Crippen molar-refractivity contribution in [1.82, 2.24) is 0 Å². The summed E-state index contributed by atoms with van der Waals surface area (Å²) in [7, 11) is 4.78. The molecule has 0 bridgehead atoms. The topological polar surface area (TPSA) is 81.7 Å². The lowest BCUT2D eigenvalue weighted by atomic mass is 10.1. The molecule has 1 fully saturated rings. The molecule has 0 spiro atoms. The van der Waals surface area contributed by atoms with Crippen molar-refractivity contribution in [2.24, 2.45) is 0 Å². The van der Waals surface area contributed by atoms with Crippen molar-refractivity contribution in [3.8, 4) is 17.2 Å². The van der Waals surface area contributed by atoms with E-state index in [0.717, 1.165) is 12.0 Å².